The van der Waals surface area contributed by atoms with Gasteiger partial charge in [0.2, 0.25) is 5.91 Å². The second kappa shape index (κ2) is 7.65. The Kier molecular flexibility index (Phi) is 6.96. The number of nitrogens with one attached hydrogen (secondary N) is 3. The Balaban J connectivity index is 4.09. The Morgan fingerprint density at radius 2 is 1.67 bits per heavy atom. The number of aliphatic carboxylic acids is 1. The largest absolute Gasteiger partial charge is 0.480 e. The van der Waals surface area contributed by atoms with Gasteiger partial charge in [-0.05, 0) is 19.8 Å². The fourth-order valence-corrected chi connectivity index (χ4v) is 1.28. The molecule has 0 radical (unpaired) electrons. The van der Waals surface area contributed by atoms with Crippen LogP contribution in [0, 0.1) is 5.92 Å². The summed E-state index contributed by atoms with van der Waals surface area (Å²) in [5.74, 6) is -1.75. The van der Waals surface area contributed by atoms with Crippen LogP contribution in [0.3, 0.4) is 0 Å². The van der Waals surface area contributed by atoms with E-state index in [9.17, 15) is 14.4 Å². The number of urea groups is 1. The molecule has 0 spiro atoms. The van der Waals surface area contributed by atoms with Crippen molar-refractivity contribution in [2.45, 2.75) is 39.8 Å². The highest BCUT2D eigenvalue weighted by Crippen LogP contribution is 2.00. The zero-order chi connectivity index (χ0) is 14.3. The van der Waals surface area contributed by atoms with Crippen LogP contribution in [0.4, 0.5) is 4.79 Å². The van der Waals surface area contributed by atoms with Crippen molar-refractivity contribution in [3.63, 3.8) is 0 Å². The van der Waals surface area contributed by atoms with E-state index in [1.54, 1.807) is 27.7 Å². The first-order valence-corrected chi connectivity index (χ1v) is 5.80. The van der Waals surface area contributed by atoms with Crippen molar-refractivity contribution in [2.24, 2.45) is 5.92 Å². The molecule has 1 unspecified atom stereocenters. The maximum atomic E-state index is 11.4. The van der Waals surface area contributed by atoms with Crippen LogP contribution in [0.1, 0.15) is 27.7 Å². The topological polar surface area (TPSA) is 108 Å². The molecule has 18 heavy (non-hydrogen) atoms. The molecule has 0 bridgehead atoms. The maximum absolute atomic E-state index is 11.4. The quantitative estimate of drug-likeness (QED) is 0.533. The van der Waals surface area contributed by atoms with Crippen molar-refractivity contribution >= 4 is 17.9 Å². The van der Waals surface area contributed by atoms with Gasteiger partial charge in [0.15, 0.2) is 0 Å². The summed E-state index contributed by atoms with van der Waals surface area (Å²) in [7, 11) is 0. The third kappa shape index (κ3) is 6.85. The van der Waals surface area contributed by atoms with Crippen LogP contribution in [0.25, 0.3) is 0 Å². The monoisotopic (exact) mass is 259 g/mol. The molecule has 0 heterocycles. The Hall–Kier alpha value is -1.63. The van der Waals surface area contributed by atoms with E-state index in [4.69, 9.17) is 5.11 Å². The van der Waals surface area contributed by atoms with Crippen molar-refractivity contribution in [1.29, 1.82) is 0 Å². The molecule has 7 nitrogen and oxygen atoms in total. The zero-order valence-corrected chi connectivity index (χ0v) is 11.1. The first kappa shape index (κ1) is 16.4. The lowest BCUT2D eigenvalue weighted by molar-refractivity contribution is -0.140. The number of imide groups is 1. The van der Waals surface area contributed by atoms with E-state index < -0.39 is 23.9 Å². The molecule has 7 heteroatoms. The molecule has 0 fully saturated rings. The van der Waals surface area contributed by atoms with Crippen molar-refractivity contribution < 1.29 is 19.5 Å². The molecular formula is C11H21N3O4. The molecule has 3 amide bonds. The lowest BCUT2D eigenvalue weighted by Gasteiger charge is -2.17. The van der Waals surface area contributed by atoms with E-state index in [0.29, 0.717) is 0 Å². The second-order valence-electron chi connectivity index (χ2n) is 4.62. The first-order chi connectivity index (χ1) is 8.23. The van der Waals surface area contributed by atoms with Crippen LogP contribution in [0.5, 0.6) is 0 Å². The molecule has 0 saturated heterocycles. The van der Waals surface area contributed by atoms with Crippen LogP contribution < -0.4 is 16.0 Å². The van der Waals surface area contributed by atoms with Crippen molar-refractivity contribution in [3.05, 3.63) is 0 Å². The highest BCUT2D eigenvalue weighted by molar-refractivity contribution is 5.95. The van der Waals surface area contributed by atoms with Gasteiger partial charge in [-0.15, -0.1) is 0 Å². The maximum Gasteiger partial charge on any atom is 0.321 e. The molecule has 0 aromatic rings. The SMILES string of the molecule is CC(C)NC(=O)NC(=O)CNC(C(=O)O)C(C)C. The molecule has 1 atom stereocenters. The summed E-state index contributed by atoms with van der Waals surface area (Å²) in [5.41, 5.74) is 0. The Bertz CT molecular complexity index is 315. The molecule has 0 saturated carbocycles. The van der Waals surface area contributed by atoms with Crippen LogP contribution >= 0.6 is 0 Å². The third-order valence-electron chi connectivity index (χ3n) is 2.09. The number of hydrogen-bond acceptors (Lipinski definition) is 4. The summed E-state index contributed by atoms with van der Waals surface area (Å²) in [6.45, 7) is 6.77. The predicted octanol–water partition coefficient (Wildman–Crippen LogP) is -0.0806. The van der Waals surface area contributed by atoms with Gasteiger partial charge in [-0.2, -0.15) is 0 Å². The van der Waals surface area contributed by atoms with E-state index in [2.05, 4.69) is 16.0 Å². The summed E-state index contributed by atoms with van der Waals surface area (Å²) in [4.78, 5) is 33.4. The fraction of sp³-hybridized carbons (Fsp3) is 0.727. The van der Waals surface area contributed by atoms with Gasteiger partial charge in [-0.25, -0.2) is 4.79 Å². The summed E-state index contributed by atoms with van der Waals surface area (Å²) in [5, 5.41) is 16.1. The van der Waals surface area contributed by atoms with Crippen LogP contribution in [0.2, 0.25) is 0 Å². The molecule has 104 valence electrons. The molecular weight excluding hydrogens is 238 g/mol. The minimum absolute atomic E-state index is 0.0757. The normalized spacial score (nSPS) is 12.3. The van der Waals surface area contributed by atoms with Gasteiger partial charge in [0.25, 0.3) is 0 Å². The third-order valence-corrected chi connectivity index (χ3v) is 2.09. The number of carbonyl (C=O) groups is 3. The summed E-state index contributed by atoms with van der Waals surface area (Å²) >= 11 is 0. The van der Waals surface area contributed by atoms with E-state index in [1.165, 1.54) is 0 Å². The number of carbonyl (C=O) groups excluding carboxylic acids is 2. The van der Waals surface area contributed by atoms with Gasteiger partial charge in [0.1, 0.15) is 6.04 Å². The Morgan fingerprint density at radius 1 is 1.11 bits per heavy atom. The van der Waals surface area contributed by atoms with Gasteiger partial charge in [-0.1, -0.05) is 13.8 Å². The molecule has 0 aromatic heterocycles. The van der Waals surface area contributed by atoms with Crippen molar-refractivity contribution in [2.75, 3.05) is 6.54 Å². The molecule has 0 aliphatic rings. The molecule has 0 rings (SSSR count). The fourth-order valence-electron chi connectivity index (χ4n) is 1.28. The van der Waals surface area contributed by atoms with E-state index in [-0.39, 0.29) is 18.5 Å². The molecule has 0 aliphatic carbocycles. The van der Waals surface area contributed by atoms with Gasteiger partial charge in [0.05, 0.1) is 6.54 Å². The van der Waals surface area contributed by atoms with E-state index in [0.717, 1.165) is 0 Å². The van der Waals surface area contributed by atoms with E-state index >= 15 is 0 Å². The van der Waals surface area contributed by atoms with Gasteiger partial charge in [0, 0.05) is 6.04 Å². The Morgan fingerprint density at radius 3 is 2.06 bits per heavy atom. The Labute approximate surface area is 106 Å². The lowest BCUT2D eigenvalue weighted by atomic mass is 10.1. The summed E-state index contributed by atoms with van der Waals surface area (Å²) in [6.07, 6.45) is 0. The highest BCUT2D eigenvalue weighted by Gasteiger charge is 2.21. The number of carboxylic acids is 1. The predicted molar refractivity (Wildman–Crippen MR) is 66.1 cm³/mol. The molecule has 4 N–H and O–H groups in total. The lowest BCUT2D eigenvalue weighted by Crippen LogP contribution is -2.49. The average molecular weight is 259 g/mol. The summed E-state index contributed by atoms with van der Waals surface area (Å²) in [6, 6.07) is -1.48. The molecule has 0 aromatic carbocycles. The number of amides is 3. The summed E-state index contributed by atoms with van der Waals surface area (Å²) < 4.78 is 0. The smallest absolute Gasteiger partial charge is 0.321 e. The average Bonchev–Trinajstić information content (AvgIpc) is 2.14. The van der Waals surface area contributed by atoms with Crippen LogP contribution in [0.15, 0.2) is 0 Å². The number of carboxylic acid groups (broad SMARTS) is 1. The van der Waals surface area contributed by atoms with Crippen molar-refractivity contribution in [3.8, 4) is 0 Å². The minimum atomic E-state index is -1.02. The van der Waals surface area contributed by atoms with Crippen LogP contribution in [-0.2, 0) is 9.59 Å². The van der Waals surface area contributed by atoms with Gasteiger partial charge >= 0.3 is 12.0 Å². The number of hydrogen-bond donors (Lipinski definition) is 4. The van der Waals surface area contributed by atoms with Crippen molar-refractivity contribution in [1.82, 2.24) is 16.0 Å². The highest BCUT2D eigenvalue weighted by atomic mass is 16.4. The van der Waals surface area contributed by atoms with Crippen LogP contribution in [-0.4, -0.2) is 41.6 Å². The minimum Gasteiger partial charge on any atom is -0.480 e. The molecule has 0 aliphatic heterocycles. The number of rotatable bonds is 6. The second-order valence-corrected chi connectivity index (χ2v) is 4.62. The standard InChI is InChI=1S/C11H21N3O4/c1-6(2)9(10(16)17)12-5-8(15)14-11(18)13-7(3)4/h6-7,9,12H,5H2,1-4H3,(H,16,17)(H2,13,14,15,18). The van der Waals surface area contributed by atoms with Gasteiger partial charge < -0.3 is 10.4 Å². The van der Waals surface area contributed by atoms with Gasteiger partial charge in [-0.3, -0.25) is 20.2 Å². The first-order valence-electron chi connectivity index (χ1n) is 5.80. The van der Waals surface area contributed by atoms with E-state index in [1.807, 2.05) is 0 Å². The zero-order valence-electron chi connectivity index (χ0n) is 11.1.